The molecule has 0 bridgehead atoms. The standard InChI is InChI=1S/C14H10Cl2N2O2/c1-7-8(5-6-19-7)13-12(14(17)18-20-13)11-9(15)3-2-4-10(11)16/h2-6H,1H3,(H2,17,18). The van der Waals surface area contributed by atoms with Gasteiger partial charge in [-0.2, -0.15) is 0 Å². The van der Waals surface area contributed by atoms with Gasteiger partial charge in [-0.25, -0.2) is 0 Å². The summed E-state index contributed by atoms with van der Waals surface area (Å²) >= 11 is 12.5. The van der Waals surface area contributed by atoms with Gasteiger partial charge in [0.05, 0.1) is 27.4 Å². The Morgan fingerprint density at radius 2 is 1.80 bits per heavy atom. The molecule has 20 heavy (non-hydrogen) atoms. The Balaban J connectivity index is 2.31. The van der Waals surface area contributed by atoms with Crippen LogP contribution < -0.4 is 5.73 Å². The second-order valence-electron chi connectivity index (χ2n) is 4.26. The monoisotopic (exact) mass is 308 g/mol. The van der Waals surface area contributed by atoms with E-state index < -0.39 is 0 Å². The largest absolute Gasteiger partial charge is 0.469 e. The van der Waals surface area contributed by atoms with E-state index in [1.165, 1.54) is 0 Å². The molecule has 0 saturated carbocycles. The number of anilines is 1. The van der Waals surface area contributed by atoms with Crippen molar-refractivity contribution in [2.45, 2.75) is 6.92 Å². The average molecular weight is 309 g/mol. The summed E-state index contributed by atoms with van der Waals surface area (Å²) < 4.78 is 10.6. The molecule has 0 radical (unpaired) electrons. The van der Waals surface area contributed by atoms with Gasteiger partial charge in [-0.3, -0.25) is 0 Å². The Labute approximate surface area is 125 Å². The van der Waals surface area contributed by atoms with Crippen LogP contribution in [0.4, 0.5) is 5.82 Å². The number of rotatable bonds is 2. The van der Waals surface area contributed by atoms with Crippen molar-refractivity contribution in [2.24, 2.45) is 0 Å². The van der Waals surface area contributed by atoms with Crippen molar-refractivity contribution >= 4 is 29.0 Å². The van der Waals surface area contributed by atoms with Crippen molar-refractivity contribution < 1.29 is 8.94 Å². The van der Waals surface area contributed by atoms with E-state index in [4.69, 9.17) is 37.9 Å². The molecule has 0 amide bonds. The minimum absolute atomic E-state index is 0.232. The minimum atomic E-state index is 0.232. The fourth-order valence-electron chi connectivity index (χ4n) is 2.09. The lowest BCUT2D eigenvalue weighted by Gasteiger charge is -2.06. The molecule has 0 saturated heterocycles. The van der Waals surface area contributed by atoms with Gasteiger partial charge in [0.2, 0.25) is 0 Å². The number of nitrogens with two attached hydrogens (primary N) is 1. The third kappa shape index (κ3) is 1.97. The van der Waals surface area contributed by atoms with Crippen molar-refractivity contribution in [3.63, 3.8) is 0 Å². The van der Waals surface area contributed by atoms with E-state index in [0.29, 0.717) is 32.7 Å². The molecule has 102 valence electrons. The number of aryl methyl sites for hydroxylation is 1. The molecule has 0 fully saturated rings. The topological polar surface area (TPSA) is 65.2 Å². The van der Waals surface area contributed by atoms with Gasteiger partial charge in [0.25, 0.3) is 0 Å². The molecule has 0 aliphatic heterocycles. The van der Waals surface area contributed by atoms with Crippen LogP contribution >= 0.6 is 23.2 Å². The summed E-state index contributed by atoms with van der Waals surface area (Å²) in [6.45, 7) is 1.83. The van der Waals surface area contributed by atoms with Gasteiger partial charge in [-0.1, -0.05) is 34.4 Å². The molecule has 0 unspecified atom stereocenters. The molecule has 2 heterocycles. The summed E-state index contributed by atoms with van der Waals surface area (Å²) in [7, 11) is 0. The fourth-order valence-corrected chi connectivity index (χ4v) is 2.67. The highest BCUT2D eigenvalue weighted by Gasteiger charge is 2.23. The highest BCUT2D eigenvalue weighted by Crippen LogP contribution is 2.44. The highest BCUT2D eigenvalue weighted by atomic mass is 35.5. The van der Waals surface area contributed by atoms with Crippen LogP contribution in [0.2, 0.25) is 10.0 Å². The Hall–Kier alpha value is -1.91. The zero-order valence-corrected chi connectivity index (χ0v) is 12.0. The van der Waals surface area contributed by atoms with Crippen molar-refractivity contribution in [1.29, 1.82) is 0 Å². The molecule has 6 heteroatoms. The molecular formula is C14H10Cl2N2O2. The number of hydrogen-bond donors (Lipinski definition) is 1. The third-order valence-corrected chi connectivity index (χ3v) is 3.66. The summed E-state index contributed by atoms with van der Waals surface area (Å²) in [6.07, 6.45) is 1.57. The van der Waals surface area contributed by atoms with E-state index in [1.807, 2.05) is 6.92 Å². The predicted molar refractivity (Wildman–Crippen MR) is 78.8 cm³/mol. The number of halogens is 2. The molecule has 0 aliphatic rings. The fraction of sp³-hybridized carbons (Fsp3) is 0.0714. The van der Waals surface area contributed by atoms with E-state index in [2.05, 4.69) is 5.16 Å². The number of benzene rings is 1. The van der Waals surface area contributed by atoms with Crippen molar-refractivity contribution in [3.05, 3.63) is 46.3 Å². The molecule has 2 aromatic heterocycles. The van der Waals surface area contributed by atoms with Crippen molar-refractivity contribution in [3.8, 4) is 22.5 Å². The summed E-state index contributed by atoms with van der Waals surface area (Å²) in [4.78, 5) is 0. The van der Waals surface area contributed by atoms with Crippen LogP contribution in [0, 0.1) is 6.92 Å². The van der Waals surface area contributed by atoms with Gasteiger partial charge >= 0.3 is 0 Å². The first-order valence-corrected chi connectivity index (χ1v) is 6.59. The van der Waals surface area contributed by atoms with Crippen LogP contribution in [-0.2, 0) is 0 Å². The number of furan rings is 1. The summed E-state index contributed by atoms with van der Waals surface area (Å²) in [5, 5.41) is 4.78. The average Bonchev–Trinajstić information content (AvgIpc) is 2.97. The first-order valence-electron chi connectivity index (χ1n) is 5.83. The first kappa shape index (κ1) is 13.1. The highest BCUT2D eigenvalue weighted by molar-refractivity contribution is 6.39. The van der Waals surface area contributed by atoms with E-state index >= 15 is 0 Å². The van der Waals surface area contributed by atoms with Crippen molar-refractivity contribution in [1.82, 2.24) is 5.16 Å². The van der Waals surface area contributed by atoms with Crippen LogP contribution in [0.1, 0.15) is 5.76 Å². The summed E-state index contributed by atoms with van der Waals surface area (Å²) in [6, 6.07) is 7.02. The quantitative estimate of drug-likeness (QED) is 0.738. The summed E-state index contributed by atoms with van der Waals surface area (Å²) in [5.41, 5.74) is 7.85. The second-order valence-corrected chi connectivity index (χ2v) is 5.07. The lowest BCUT2D eigenvalue weighted by atomic mass is 10.0. The van der Waals surface area contributed by atoms with Gasteiger partial charge in [0.1, 0.15) is 5.76 Å². The van der Waals surface area contributed by atoms with Crippen LogP contribution in [0.25, 0.3) is 22.5 Å². The van der Waals surface area contributed by atoms with Gasteiger partial charge in [-0.05, 0) is 25.1 Å². The first-order chi connectivity index (χ1) is 9.59. The maximum Gasteiger partial charge on any atom is 0.180 e. The van der Waals surface area contributed by atoms with E-state index in [0.717, 1.165) is 5.56 Å². The molecule has 4 nitrogen and oxygen atoms in total. The number of hydrogen-bond acceptors (Lipinski definition) is 4. The molecule has 0 atom stereocenters. The summed E-state index contributed by atoms with van der Waals surface area (Å²) in [5.74, 6) is 1.42. The molecular weight excluding hydrogens is 299 g/mol. The van der Waals surface area contributed by atoms with Crippen LogP contribution in [0.3, 0.4) is 0 Å². The van der Waals surface area contributed by atoms with Crippen molar-refractivity contribution in [2.75, 3.05) is 5.73 Å². The Bertz CT molecular complexity index is 757. The second kappa shape index (κ2) is 4.89. The molecule has 0 aliphatic carbocycles. The smallest absolute Gasteiger partial charge is 0.180 e. The number of aromatic nitrogens is 1. The van der Waals surface area contributed by atoms with Gasteiger partial charge in [-0.15, -0.1) is 0 Å². The van der Waals surface area contributed by atoms with Gasteiger partial charge < -0.3 is 14.7 Å². The normalized spacial score (nSPS) is 10.9. The SMILES string of the molecule is Cc1occc1-c1onc(N)c1-c1c(Cl)cccc1Cl. The lowest BCUT2D eigenvalue weighted by molar-refractivity contribution is 0.434. The Morgan fingerprint density at radius 1 is 1.10 bits per heavy atom. The van der Waals surface area contributed by atoms with E-state index in [-0.39, 0.29) is 5.82 Å². The number of nitrogens with zero attached hydrogens (tertiary/aromatic N) is 1. The van der Waals surface area contributed by atoms with Gasteiger partial charge in [0.15, 0.2) is 11.6 Å². The number of nitrogen functional groups attached to an aromatic ring is 1. The van der Waals surface area contributed by atoms with Gasteiger partial charge in [0, 0.05) is 5.56 Å². The molecule has 2 N–H and O–H groups in total. The third-order valence-electron chi connectivity index (χ3n) is 3.03. The molecule has 3 aromatic rings. The zero-order valence-electron chi connectivity index (χ0n) is 10.5. The minimum Gasteiger partial charge on any atom is -0.469 e. The van der Waals surface area contributed by atoms with Crippen LogP contribution in [0.15, 0.2) is 39.5 Å². The van der Waals surface area contributed by atoms with Crippen LogP contribution in [0.5, 0.6) is 0 Å². The Morgan fingerprint density at radius 3 is 2.40 bits per heavy atom. The predicted octanol–water partition coefficient (Wildman–Crippen LogP) is 4.80. The maximum atomic E-state index is 6.23. The lowest BCUT2D eigenvalue weighted by Crippen LogP contribution is -1.90. The molecule has 0 spiro atoms. The van der Waals surface area contributed by atoms with E-state index in [1.54, 1.807) is 30.5 Å². The molecule has 3 rings (SSSR count). The molecule has 1 aromatic carbocycles. The zero-order chi connectivity index (χ0) is 14.3. The maximum absolute atomic E-state index is 6.23. The Kier molecular flexibility index (Phi) is 3.20. The van der Waals surface area contributed by atoms with E-state index in [9.17, 15) is 0 Å². The van der Waals surface area contributed by atoms with Crippen LogP contribution in [-0.4, -0.2) is 5.16 Å².